The van der Waals surface area contributed by atoms with Gasteiger partial charge in [0.15, 0.2) is 0 Å². The monoisotopic (exact) mass is 376 g/mol. The van der Waals surface area contributed by atoms with Gasteiger partial charge in [-0.3, -0.25) is 9.69 Å². The third-order valence-corrected chi connectivity index (χ3v) is 5.72. The number of likely N-dealkylation sites (tertiary alicyclic amines) is 1. The third-order valence-electron chi connectivity index (χ3n) is 5.72. The van der Waals surface area contributed by atoms with Gasteiger partial charge in [0, 0.05) is 12.2 Å². The van der Waals surface area contributed by atoms with E-state index in [2.05, 4.69) is 50.1 Å². The Morgan fingerprint density at radius 3 is 2.75 bits per heavy atom. The van der Waals surface area contributed by atoms with Crippen molar-refractivity contribution in [1.29, 1.82) is 0 Å². The van der Waals surface area contributed by atoms with Crippen LogP contribution < -0.4 is 5.32 Å². The lowest BCUT2D eigenvalue weighted by Crippen LogP contribution is -2.40. The Labute approximate surface area is 166 Å². The molecule has 0 spiro atoms. The van der Waals surface area contributed by atoms with Gasteiger partial charge < -0.3 is 9.88 Å². The number of rotatable bonds is 5. The predicted octanol–water partition coefficient (Wildman–Crippen LogP) is 4.00. The Morgan fingerprint density at radius 1 is 1.14 bits per heavy atom. The van der Waals surface area contributed by atoms with Gasteiger partial charge >= 0.3 is 0 Å². The Morgan fingerprint density at radius 2 is 1.93 bits per heavy atom. The highest BCUT2D eigenvalue weighted by molar-refractivity contribution is 5.93. The highest BCUT2D eigenvalue weighted by atomic mass is 16.2. The van der Waals surface area contributed by atoms with E-state index in [0.717, 1.165) is 54.8 Å². The van der Waals surface area contributed by atoms with Crippen molar-refractivity contribution < 1.29 is 4.79 Å². The topological polar surface area (TPSA) is 50.2 Å². The number of nitrogens with one attached hydrogen (secondary N) is 1. The molecule has 1 saturated heterocycles. The van der Waals surface area contributed by atoms with Crippen molar-refractivity contribution in [2.24, 2.45) is 5.92 Å². The molecule has 0 unspecified atom stereocenters. The normalized spacial score (nSPS) is 15.8. The number of carbonyl (C=O) groups excluding carboxylic acids is 1. The molecule has 2 heterocycles. The van der Waals surface area contributed by atoms with Crippen LogP contribution in [0.1, 0.15) is 24.0 Å². The van der Waals surface area contributed by atoms with Crippen molar-refractivity contribution in [2.45, 2.75) is 33.2 Å². The molecule has 1 fully saturated rings. The number of carbonyl (C=O) groups is 1. The molecule has 2 aromatic carbocycles. The zero-order valence-electron chi connectivity index (χ0n) is 16.7. The average Bonchev–Trinajstić information content (AvgIpc) is 3.09. The number of benzene rings is 2. The lowest BCUT2D eigenvalue weighted by atomic mass is 9.96. The fourth-order valence-electron chi connectivity index (χ4n) is 4.02. The second kappa shape index (κ2) is 8.15. The van der Waals surface area contributed by atoms with E-state index in [4.69, 9.17) is 0 Å². The zero-order valence-corrected chi connectivity index (χ0v) is 16.7. The van der Waals surface area contributed by atoms with Crippen LogP contribution in [0.3, 0.4) is 0 Å². The molecule has 0 atom stereocenters. The Balaban J connectivity index is 1.28. The molecule has 5 nitrogen and oxygen atoms in total. The molecule has 28 heavy (non-hydrogen) atoms. The van der Waals surface area contributed by atoms with Gasteiger partial charge in [-0.25, -0.2) is 4.98 Å². The van der Waals surface area contributed by atoms with Gasteiger partial charge in [0.1, 0.15) is 0 Å². The van der Waals surface area contributed by atoms with Crippen LogP contribution in [0.25, 0.3) is 11.0 Å². The number of anilines is 1. The van der Waals surface area contributed by atoms with E-state index in [0.29, 0.717) is 12.5 Å². The first-order chi connectivity index (χ1) is 13.6. The van der Waals surface area contributed by atoms with Crippen molar-refractivity contribution in [1.82, 2.24) is 14.5 Å². The molecule has 0 bridgehead atoms. The van der Waals surface area contributed by atoms with Crippen LogP contribution in [0.5, 0.6) is 0 Å². The number of fused-ring (bicyclic) bond motifs is 1. The molecule has 146 valence electrons. The first kappa shape index (κ1) is 18.7. The molecule has 0 aliphatic carbocycles. The zero-order chi connectivity index (χ0) is 19.5. The molecule has 1 amide bonds. The van der Waals surface area contributed by atoms with Crippen molar-refractivity contribution in [3.8, 4) is 0 Å². The van der Waals surface area contributed by atoms with E-state index in [1.54, 1.807) is 0 Å². The minimum absolute atomic E-state index is 0.0766. The fraction of sp³-hybridized carbons (Fsp3) is 0.391. The Bertz CT molecular complexity index is 970. The number of hydrogen-bond donors (Lipinski definition) is 1. The predicted molar refractivity (Wildman–Crippen MR) is 113 cm³/mol. The van der Waals surface area contributed by atoms with Crippen LogP contribution in [-0.4, -0.2) is 40.0 Å². The van der Waals surface area contributed by atoms with Crippen LogP contribution in [0, 0.1) is 19.8 Å². The summed E-state index contributed by atoms with van der Waals surface area (Å²) in [6.07, 6.45) is 4.18. The molecule has 3 aromatic rings. The molecule has 1 aliphatic heterocycles. The number of hydrogen-bond acceptors (Lipinski definition) is 3. The van der Waals surface area contributed by atoms with Gasteiger partial charge in [0.2, 0.25) is 5.91 Å². The first-order valence-electron chi connectivity index (χ1n) is 10.1. The van der Waals surface area contributed by atoms with Crippen molar-refractivity contribution in [2.75, 3.05) is 25.0 Å². The number of aromatic nitrogens is 2. The summed E-state index contributed by atoms with van der Waals surface area (Å²) >= 11 is 0. The van der Waals surface area contributed by atoms with Gasteiger partial charge in [-0.2, -0.15) is 0 Å². The maximum Gasteiger partial charge on any atom is 0.238 e. The van der Waals surface area contributed by atoms with Gasteiger partial charge in [-0.05, 0) is 75.0 Å². The minimum Gasteiger partial charge on any atom is -0.330 e. The lowest BCUT2D eigenvalue weighted by molar-refractivity contribution is -0.117. The second-order valence-corrected chi connectivity index (χ2v) is 7.97. The standard InChI is InChI=1S/C23H28N4O/c1-17-7-8-18(2)21(13-17)25-23(28)15-26-11-9-19(10-12-26)14-27-16-24-20-5-3-4-6-22(20)27/h3-8,13,16,19H,9-12,14-15H2,1-2H3,(H,25,28). The number of imidazole rings is 1. The van der Waals surface area contributed by atoms with Crippen LogP contribution in [-0.2, 0) is 11.3 Å². The summed E-state index contributed by atoms with van der Waals surface area (Å²) in [7, 11) is 0. The molecule has 1 aliphatic rings. The molecule has 1 aromatic heterocycles. The maximum absolute atomic E-state index is 12.5. The number of aryl methyl sites for hydroxylation is 2. The number of nitrogens with zero attached hydrogens (tertiary/aromatic N) is 3. The van der Waals surface area contributed by atoms with E-state index in [1.165, 1.54) is 5.52 Å². The summed E-state index contributed by atoms with van der Waals surface area (Å²) < 4.78 is 2.27. The Kier molecular flexibility index (Phi) is 5.44. The molecule has 4 rings (SSSR count). The number of amides is 1. The smallest absolute Gasteiger partial charge is 0.238 e. The summed E-state index contributed by atoms with van der Waals surface area (Å²) in [6.45, 7) is 7.48. The van der Waals surface area contributed by atoms with E-state index in [9.17, 15) is 4.79 Å². The van der Waals surface area contributed by atoms with Gasteiger partial charge in [-0.15, -0.1) is 0 Å². The SMILES string of the molecule is Cc1ccc(C)c(NC(=O)CN2CCC(Cn3cnc4ccccc43)CC2)c1. The number of para-hydroxylation sites is 2. The summed E-state index contributed by atoms with van der Waals surface area (Å²) in [5, 5.41) is 3.07. The van der Waals surface area contributed by atoms with E-state index in [1.807, 2.05) is 32.3 Å². The third kappa shape index (κ3) is 4.25. The molecule has 5 heteroatoms. The highest BCUT2D eigenvalue weighted by Gasteiger charge is 2.22. The molecular weight excluding hydrogens is 348 g/mol. The summed E-state index contributed by atoms with van der Waals surface area (Å²) in [5.41, 5.74) is 5.45. The maximum atomic E-state index is 12.5. The highest BCUT2D eigenvalue weighted by Crippen LogP contribution is 2.22. The van der Waals surface area contributed by atoms with Gasteiger partial charge in [0.25, 0.3) is 0 Å². The number of piperidine rings is 1. The summed E-state index contributed by atoms with van der Waals surface area (Å²) in [5.74, 6) is 0.712. The molecule has 0 radical (unpaired) electrons. The van der Waals surface area contributed by atoms with Gasteiger partial charge in [0.05, 0.1) is 23.9 Å². The van der Waals surface area contributed by atoms with Crippen molar-refractivity contribution >= 4 is 22.6 Å². The van der Waals surface area contributed by atoms with Crippen LogP contribution in [0.2, 0.25) is 0 Å². The minimum atomic E-state index is 0.0766. The van der Waals surface area contributed by atoms with Crippen LogP contribution >= 0.6 is 0 Å². The molecular formula is C23H28N4O. The largest absolute Gasteiger partial charge is 0.330 e. The van der Waals surface area contributed by atoms with E-state index >= 15 is 0 Å². The van der Waals surface area contributed by atoms with Crippen LogP contribution in [0.4, 0.5) is 5.69 Å². The quantitative estimate of drug-likeness (QED) is 0.732. The summed E-state index contributed by atoms with van der Waals surface area (Å²) in [4.78, 5) is 19.2. The second-order valence-electron chi connectivity index (χ2n) is 7.97. The first-order valence-corrected chi connectivity index (χ1v) is 10.1. The fourth-order valence-corrected chi connectivity index (χ4v) is 4.02. The van der Waals surface area contributed by atoms with Gasteiger partial charge in [-0.1, -0.05) is 24.3 Å². The van der Waals surface area contributed by atoms with E-state index < -0.39 is 0 Å². The average molecular weight is 377 g/mol. The molecule has 1 N–H and O–H groups in total. The Hall–Kier alpha value is -2.66. The van der Waals surface area contributed by atoms with E-state index in [-0.39, 0.29) is 5.91 Å². The van der Waals surface area contributed by atoms with Crippen LogP contribution in [0.15, 0.2) is 48.8 Å². The van der Waals surface area contributed by atoms with Crippen molar-refractivity contribution in [3.05, 3.63) is 59.9 Å². The lowest BCUT2D eigenvalue weighted by Gasteiger charge is -2.31. The molecule has 0 saturated carbocycles. The summed E-state index contributed by atoms with van der Waals surface area (Å²) in [6, 6.07) is 14.4. The van der Waals surface area contributed by atoms with Crippen molar-refractivity contribution in [3.63, 3.8) is 0 Å².